The van der Waals surface area contributed by atoms with Gasteiger partial charge in [-0.05, 0) is 59.4 Å². The molecule has 2 atom stereocenters. The molecule has 0 aliphatic heterocycles. The van der Waals surface area contributed by atoms with Gasteiger partial charge in [0.15, 0.2) is 0 Å². The standard InChI is InChI=1S/C29H30N2O3/c1-19(21-10-14-24(33-3)15-11-21)27(20(2)22-12-16-25(34-4)17-13-22)29(32)31-26-9-5-7-23-8-6-18-30-28(23)26/h5-20,27H,1-4H3,(H,31,32)/t19-,20-/m1/s1. The molecule has 0 fully saturated rings. The van der Waals surface area contributed by atoms with Crippen LogP contribution in [-0.2, 0) is 4.79 Å². The van der Waals surface area contributed by atoms with Crippen molar-refractivity contribution >= 4 is 22.5 Å². The molecule has 1 N–H and O–H groups in total. The molecule has 0 bridgehead atoms. The molecule has 5 heteroatoms. The molecule has 5 nitrogen and oxygen atoms in total. The molecule has 1 heterocycles. The molecule has 4 aromatic rings. The Morgan fingerprint density at radius 1 is 0.765 bits per heavy atom. The van der Waals surface area contributed by atoms with E-state index in [1.54, 1.807) is 20.4 Å². The lowest BCUT2D eigenvalue weighted by Crippen LogP contribution is -2.31. The fraction of sp³-hybridized carbons (Fsp3) is 0.241. The van der Waals surface area contributed by atoms with Gasteiger partial charge in [0.1, 0.15) is 11.5 Å². The van der Waals surface area contributed by atoms with Crippen molar-refractivity contribution in [3.05, 3.63) is 96.2 Å². The molecule has 0 saturated carbocycles. The van der Waals surface area contributed by atoms with Crippen molar-refractivity contribution in [1.29, 1.82) is 0 Å². The van der Waals surface area contributed by atoms with Gasteiger partial charge in [-0.3, -0.25) is 9.78 Å². The number of amides is 1. The van der Waals surface area contributed by atoms with Gasteiger partial charge in [0.2, 0.25) is 5.91 Å². The zero-order chi connectivity index (χ0) is 24.1. The molecule has 0 spiro atoms. The minimum absolute atomic E-state index is 0.0362. The Labute approximate surface area is 200 Å². The Hall–Kier alpha value is -3.86. The number of aromatic nitrogens is 1. The first-order valence-corrected chi connectivity index (χ1v) is 11.4. The highest BCUT2D eigenvalue weighted by Crippen LogP contribution is 2.38. The Kier molecular flexibility index (Phi) is 7.12. The first kappa shape index (κ1) is 23.3. The first-order valence-electron chi connectivity index (χ1n) is 11.4. The second kappa shape index (κ2) is 10.4. The number of carbonyl (C=O) groups excluding carboxylic acids is 1. The average Bonchev–Trinajstić information content (AvgIpc) is 2.89. The van der Waals surface area contributed by atoms with Crippen molar-refractivity contribution in [2.24, 2.45) is 5.92 Å². The number of benzene rings is 3. The Balaban J connectivity index is 1.69. The summed E-state index contributed by atoms with van der Waals surface area (Å²) in [4.78, 5) is 18.3. The lowest BCUT2D eigenvalue weighted by Gasteiger charge is -2.30. The lowest BCUT2D eigenvalue weighted by atomic mass is 9.76. The van der Waals surface area contributed by atoms with Gasteiger partial charge >= 0.3 is 0 Å². The van der Waals surface area contributed by atoms with Gasteiger partial charge in [-0.1, -0.05) is 56.3 Å². The largest absolute Gasteiger partial charge is 0.497 e. The SMILES string of the molecule is COc1ccc([C@@H](C)C(C(=O)Nc2cccc3cccnc23)[C@H](C)c2ccc(OC)cc2)cc1. The van der Waals surface area contributed by atoms with Crippen molar-refractivity contribution < 1.29 is 14.3 Å². The molecule has 0 unspecified atom stereocenters. The maximum Gasteiger partial charge on any atom is 0.228 e. The van der Waals surface area contributed by atoms with Crippen LogP contribution in [0.2, 0.25) is 0 Å². The van der Waals surface area contributed by atoms with Crippen LogP contribution in [0, 0.1) is 5.92 Å². The Bertz CT molecular complexity index is 1190. The number of hydrogen-bond acceptors (Lipinski definition) is 4. The van der Waals surface area contributed by atoms with Crippen LogP contribution in [-0.4, -0.2) is 25.1 Å². The third kappa shape index (κ3) is 4.88. The van der Waals surface area contributed by atoms with Crippen LogP contribution in [0.25, 0.3) is 10.9 Å². The molecule has 0 aliphatic carbocycles. The number of ether oxygens (including phenoxy) is 2. The molecule has 34 heavy (non-hydrogen) atoms. The average molecular weight is 455 g/mol. The van der Waals surface area contributed by atoms with E-state index >= 15 is 0 Å². The Morgan fingerprint density at radius 2 is 1.29 bits per heavy atom. The van der Waals surface area contributed by atoms with Gasteiger partial charge in [-0.15, -0.1) is 0 Å². The van der Waals surface area contributed by atoms with E-state index in [4.69, 9.17) is 9.47 Å². The minimum Gasteiger partial charge on any atom is -0.497 e. The van der Waals surface area contributed by atoms with Gasteiger partial charge in [0.25, 0.3) is 0 Å². The number of para-hydroxylation sites is 1. The summed E-state index contributed by atoms with van der Waals surface area (Å²) in [5, 5.41) is 4.17. The third-order valence-electron chi connectivity index (χ3n) is 6.55. The van der Waals surface area contributed by atoms with Gasteiger partial charge in [0.05, 0.1) is 31.3 Å². The number of anilines is 1. The predicted molar refractivity (Wildman–Crippen MR) is 137 cm³/mol. The number of nitrogens with zero attached hydrogens (tertiary/aromatic N) is 1. The van der Waals surface area contributed by atoms with Gasteiger partial charge in [0, 0.05) is 11.6 Å². The number of rotatable bonds is 8. The number of pyridine rings is 1. The summed E-state index contributed by atoms with van der Waals surface area (Å²) < 4.78 is 10.6. The van der Waals surface area contributed by atoms with E-state index in [-0.39, 0.29) is 23.7 Å². The molecule has 3 aromatic carbocycles. The maximum atomic E-state index is 13.8. The number of fused-ring (bicyclic) bond motifs is 1. The summed E-state index contributed by atoms with van der Waals surface area (Å²) in [6.45, 7) is 4.21. The summed E-state index contributed by atoms with van der Waals surface area (Å²) in [5.41, 5.74) is 3.66. The van der Waals surface area contributed by atoms with Crippen LogP contribution in [0.1, 0.15) is 36.8 Å². The van der Waals surface area contributed by atoms with E-state index in [0.29, 0.717) is 0 Å². The molecular weight excluding hydrogens is 424 g/mol. The second-order valence-corrected chi connectivity index (χ2v) is 8.52. The van der Waals surface area contributed by atoms with Crippen LogP contribution in [0.4, 0.5) is 5.69 Å². The molecule has 4 rings (SSSR count). The molecule has 0 radical (unpaired) electrons. The topological polar surface area (TPSA) is 60.5 Å². The van der Waals surface area contributed by atoms with Crippen LogP contribution in [0.3, 0.4) is 0 Å². The summed E-state index contributed by atoms with van der Waals surface area (Å²) in [5.74, 6) is 1.16. The monoisotopic (exact) mass is 454 g/mol. The smallest absolute Gasteiger partial charge is 0.228 e. The Morgan fingerprint density at radius 3 is 1.82 bits per heavy atom. The van der Waals surface area contributed by atoms with E-state index in [0.717, 1.165) is 39.2 Å². The van der Waals surface area contributed by atoms with Crippen molar-refractivity contribution in [2.75, 3.05) is 19.5 Å². The lowest BCUT2D eigenvalue weighted by molar-refractivity contribution is -0.121. The van der Waals surface area contributed by atoms with Crippen molar-refractivity contribution in [3.8, 4) is 11.5 Å². The summed E-state index contributed by atoms with van der Waals surface area (Å²) >= 11 is 0. The number of nitrogens with one attached hydrogen (secondary N) is 1. The van der Waals surface area contributed by atoms with Gasteiger partial charge in [-0.2, -0.15) is 0 Å². The second-order valence-electron chi connectivity index (χ2n) is 8.52. The molecule has 1 amide bonds. The van der Waals surface area contributed by atoms with E-state index < -0.39 is 0 Å². The zero-order valence-electron chi connectivity index (χ0n) is 20.0. The summed E-state index contributed by atoms with van der Waals surface area (Å²) in [7, 11) is 3.30. The maximum absolute atomic E-state index is 13.8. The van der Waals surface area contributed by atoms with Crippen LogP contribution >= 0.6 is 0 Å². The van der Waals surface area contributed by atoms with Crippen molar-refractivity contribution in [3.63, 3.8) is 0 Å². The van der Waals surface area contributed by atoms with Gasteiger partial charge < -0.3 is 14.8 Å². The molecule has 174 valence electrons. The van der Waals surface area contributed by atoms with Crippen molar-refractivity contribution in [2.45, 2.75) is 25.7 Å². The van der Waals surface area contributed by atoms with E-state index in [9.17, 15) is 4.79 Å². The third-order valence-corrected chi connectivity index (χ3v) is 6.55. The minimum atomic E-state index is -0.319. The van der Waals surface area contributed by atoms with Gasteiger partial charge in [-0.25, -0.2) is 0 Å². The molecular formula is C29H30N2O3. The molecule has 0 saturated heterocycles. The fourth-order valence-electron chi connectivity index (χ4n) is 4.54. The zero-order valence-corrected chi connectivity index (χ0v) is 20.0. The quantitative estimate of drug-likeness (QED) is 0.334. The highest BCUT2D eigenvalue weighted by atomic mass is 16.5. The number of carbonyl (C=O) groups is 1. The first-order chi connectivity index (χ1) is 16.5. The van der Waals surface area contributed by atoms with E-state index in [1.807, 2.05) is 78.9 Å². The van der Waals surface area contributed by atoms with Crippen LogP contribution < -0.4 is 14.8 Å². The number of hydrogen-bond donors (Lipinski definition) is 1. The summed E-state index contributed by atoms with van der Waals surface area (Å²) in [6.07, 6.45) is 1.75. The van der Waals surface area contributed by atoms with E-state index in [1.165, 1.54) is 0 Å². The normalized spacial score (nSPS) is 12.9. The fourth-order valence-corrected chi connectivity index (χ4v) is 4.54. The van der Waals surface area contributed by atoms with Crippen LogP contribution in [0.5, 0.6) is 11.5 Å². The van der Waals surface area contributed by atoms with E-state index in [2.05, 4.69) is 24.1 Å². The predicted octanol–water partition coefficient (Wildman–Crippen LogP) is 6.41. The highest BCUT2D eigenvalue weighted by molar-refractivity contribution is 6.01. The molecule has 1 aromatic heterocycles. The number of methoxy groups -OCH3 is 2. The van der Waals surface area contributed by atoms with Crippen LogP contribution in [0.15, 0.2) is 85.1 Å². The van der Waals surface area contributed by atoms with Crippen molar-refractivity contribution in [1.82, 2.24) is 4.98 Å². The highest BCUT2D eigenvalue weighted by Gasteiger charge is 2.33. The summed E-state index contributed by atoms with van der Waals surface area (Å²) in [6, 6.07) is 25.6. The molecule has 0 aliphatic rings.